The van der Waals surface area contributed by atoms with Crippen LogP contribution in [0.1, 0.15) is 18.7 Å². The minimum Gasteiger partial charge on any atom is -0.447 e. The minimum absolute atomic E-state index is 0.0822. The van der Waals surface area contributed by atoms with Crippen LogP contribution in [0.2, 0.25) is 4.34 Å². The quantitative estimate of drug-likeness (QED) is 0.888. The molecular formula is C10H14ClNO2S. The van der Waals surface area contributed by atoms with Crippen molar-refractivity contribution in [3.8, 4) is 0 Å². The lowest BCUT2D eigenvalue weighted by Crippen LogP contribution is -2.28. The molecule has 0 aromatic carbocycles. The van der Waals surface area contributed by atoms with E-state index in [4.69, 9.17) is 16.3 Å². The Morgan fingerprint density at radius 1 is 1.60 bits per heavy atom. The zero-order valence-electron chi connectivity index (χ0n) is 8.75. The second-order valence-electron chi connectivity index (χ2n) is 3.34. The number of alkyl carbamates (subject to hydrolysis) is 1. The van der Waals surface area contributed by atoms with E-state index in [1.165, 1.54) is 11.3 Å². The number of amides is 1. The highest BCUT2D eigenvalue weighted by Gasteiger charge is 2.04. The summed E-state index contributed by atoms with van der Waals surface area (Å²) in [5.41, 5.74) is 0. The zero-order chi connectivity index (χ0) is 11.3. The topological polar surface area (TPSA) is 38.3 Å². The summed E-state index contributed by atoms with van der Waals surface area (Å²) in [5, 5.41) is 2.67. The predicted octanol–water partition coefficient (Wildman–Crippen LogP) is 3.08. The first-order valence-electron chi connectivity index (χ1n) is 4.76. The van der Waals surface area contributed by atoms with Crippen LogP contribution in [0, 0.1) is 0 Å². The number of halogens is 1. The lowest BCUT2D eigenvalue weighted by molar-refractivity contribution is 0.116. The Balaban J connectivity index is 2.19. The highest BCUT2D eigenvalue weighted by atomic mass is 35.5. The van der Waals surface area contributed by atoms with E-state index in [-0.39, 0.29) is 12.2 Å². The van der Waals surface area contributed by atoms with Crippen molar-refractivity contribution < 1.29 is 9.53 Å². The molecule has 0 saturated heterocycles. The van der Waals surface area contributed by atoms with Gasteiger partial charge in [-0.25, -0.2) is 4.79 Å². The van der Waals surface area contributed by atoms with E-state index < -0.39 is 0 Å². The van der Waals surface area contributed by atoms with Gasteiger partial charge in [0.15, 0.2) is 0 Å². The second kappa shape index (κ2) is 5.98. The van der Waals surface area contributed by atoms with Gasteiger partial charge >= 0.3 is 6.09 Å². The molecule has 0 bridgehead atoms. The Kier molecular flexibility index (Phi) is 4.91. The molecule has 1 rings (SSSR count). The molecule has 0 aliphatic carbocycles. The lowest BCUT2D eigenvalue weighted by Gasteiger charge is -2.08. The van der Waals surface area contributed by atoms with Gasteiger partial charge in [-0.05, 0) is 32.4 Å². The van der Waals surface area contributed by atoms with Crippen LogP contribution < -0.4 is 5.32 Å². The molecule has 0 spiro atoms. The molecule has 3 nitrogen and oxygen atoms in total. The summed E-state index contributed by atoms with van der Waals surface area (Å²) in [7, 11) is 0. The summed E-state index contributed by atoms with van der Waals surface area (Å²) in [6.07, 6.45) is 0.332. The van der Waals surface area contributed by atoms with E-state index in [1.54, 1.807) is 0 Å². The van der Waals surface area contributed by atoms with E-state index >= 15 is 0 Å². The molecule has 1 aromatic heterocycles. The second-order valence-corrected chi connectivity index (χ2v) is 5.14. The third kappa shape index (κ3) is 5.04. The Morgan fingerprint density at radius 2 is 2.33 bits per heavy atom. The Morgan fingerprint density at radius 3 is 2.87 bits per heavy atom. The van der Waals surface area contributed by atoms with Gasteiger partial charge < -0.3 is 10.1 Å². The number of carbonyl (C=O) groups excluding carboxylic acids is 1. The largest absolute Gasteiger partial charge is 0.447 e. The average molecular weight is 248 g/mol. The molecule has 0 aliphatic rings. The highest BCUT2D eigenvalue weighted by molar-refractivity contribution is 7.16. The van der Waals surface area contributed by atoms with Crippen LogP contribution in [0.3, 0.4) is 0 Å². The van der Waals surface area contributed by atoms with Crippen molar-refractivity contribution in [2.24, 2.45) is 0 Å². The zero-order valence-corrected chi connectivity index (χ0v) is 10.3. The number of nitrogens with one attached hydrogen (secondary N) is 1. The molecule has 5 heteroatoms. The van der Waals surface area contributed by atoms with Crippen LogP contribution in [0.25, 0.3) is 0 Å². The van der Waals surface area contributed by atoms with E-state index in [2.05, 4.69) is 5.32 Å². The predicted molar refractivity (Wildman–Crippen MR) is 62.7 cm³/mol. The Bertz CT molecular complexity index is 325. The summed E-state index contributed by atoms with van der Waals surface area (Å²) in [4.78, 5) is 12.3. The number of hydrogen-bond acceptors (Lipinski definition) is 3. The van der Waals surface area contributed by atoms with Gasteiger partial charge in [0, 0.05) is 11.4 Å². The van der Waals surface area contributed by atoms with Crippen molar-refractivity contribution in [3.05, 3.63) is 21.3 Å². The molecule has 1 aromatic rings. The maximum Gasteiger partial charge on any atom is 0.407 e. The molecular weight excluding hydrogens is 234 g/mol. The first kappa shape index (κ1) is 12.3. The number of ether oxygens (including phenoxy) is 1. The van der Waals surface area contributed by atoms with Crippen LogP contribution in [0.15, 0.2) is 12.1 Å². The standard InChI is InChI=1S/C10H14ClNO2S/c1-7(2)14-10(13)12-6-5-8-3-4-9(11)15-8/h3-4,7H,5-6H2,1-2H3,(H,12,13). The number of thiophene rings is 1. The summed E-state index contributed by atoms with van der Waals surface area (Å²) < 4.78 is 5.69. The van der Waals surface area contributed by atoms with E-state index in [0.717, 1.165) is 15.6 Å². The average Bonchev–Trinajstić information content (AvgIpc) is 2.50. The number of carbonyl (C=O) groups is 1. The van der Waals surface area contributed by atoms with Gasteiger partial charge in [0.25, 0.3) is 0 Å². The van der Waals surface area contributed by atoms with Crippen LogP contribution in [-0.4, -0.2) is 18.7 Å². The van der Waals surface area contributed by atoms with Gasteiger partial charge in [-0.15, -0.1) is 11.3 Å². The fourth-order valence-corrected chi connectivity index (χ4v) is 2.12. The van der Waals surface area contributed by atoms with Crippen molar-refractivity contribution in [2.45, 2.75) is 26.4 Å². The molecule has 0 aliphatic heterocycles. The first-order valence-corrected chi connectivity index (χ1v) is 5.96. The summed E-state index contributed by atoms with van der Waals surface area (Å²) in [6.45, 7) is 4.21. The fourth-order valence-electron chi connectivity index (χ4n) is 1.03. The number of hydrogen-bond donors (Lipinski definition) is 1. The van der Waals surface area contributed by atoms with Crippen molar-refractivity contribution in [1.82, 2.24) is 5.32 Å². The van der Waals surface area contributed by atoms with Crippen LogP contribution in [0.5, 0.6) is 0 Å². The summed E-state index contributed by atoms with van der Waals surface area (Å²) in [6, 6.07) is 3.82. The van der Waals surface area contributed by atoms with Gasteiger partial charge in [-0.3, -0.25) is 0 Å². The SMILES string of the molecule is CC(C)OC(=O)NCCc1ccc(Cl)s1. The van der Waals surface area contributed by atoms with Crippen LogP contribution in [-0.2, 0) is 11.2 Å². The normalized spacial score (nSPS) is 10.4. The van der Waals surface area contributed by atoms with Gasteiger partial charge in [-0.1, -0.05) is 11.6 Å². The fraction of sp³-hybridized carbons (Fsp3) is 0.500. The Hall–Kier alpha value is -0.740. The summed E-state index contributed by atoms with van der Waals surface area (Å²) >= 11 is 7.30. The molecule has 1 amide bonds. The lowest BCUT2D eigenvalue weighted by atomic mass is 10.3. The van der Waals surface area contributed by atoms with Crippen molar-refractivity contribution >= 4 is 29.0 Å². The maximum absolute atomic E-state index is 11.1. The first-order chi connectivity index (χ1) is 7.08. The Labute approximate surface area is 98.4 Å². The molecule has 15 heavy (non-hydrogen) atoms. The van der Waals surface area contributed by atoms with Gasteiger partial charge in [0.05, 0.1) is 10.4 Å². The van der Waals surface area contributed by atoms with E-state index in [9.17, 15) is 4.79 Å². The van der Waals surface area contributed by atoms with Crippen molar-refractivity contribution in [3.63, 3.8) is 0 Å². The van der Waals surface area contributed by atoms with Gasteiger partial charge in [0.2, 0.25) is 0 Å². The highest BCUT2D eigenvalue weighted by Crippen LogP contribution is 2.21. The van der Waals surface area contributed by atoms with Gasteiger partial charge in [-0.2, -0.15) is 0 Å². The van der Waals surface area contributed by atoms with Crippen molar-refractivity contribution in [2.75, 3.05) is 6.54 Å². The van der Waals surface area contributed by atoms with Crippen LogP contribution in [0.4, 0.5) is 4.79 Å². The molecule has 0 unspecified atom stereocenters. The van der Waals surface area contributed by atoms with Crippen LogP contribution >= 0.6 is 22.9 Å². The molecule has 1 N–H and O–H groups in total. The molecule has 84 valence electrons. The molecule has 0 radical (unpaired) electrons. The monoisotopic (exact) mass is 247 g/mol. The third-order valence-electron chi connectivity index (χ3n) is 1.61. The number of rotatable bonds is 4. The molecule has 1 heterocycles. The van der Waals surface area contributed by atoms with E-state index in [1.807, 2.05) is 26.0 Å². The summed E-state index contributed by atoms with van der Waals surface area (Å²) in [5.74, 6) is 0. The minimum atomic E-state index is -0.368. The molecule has 0 fully saturated rings. The van der Waals surface area contributed by atoms with Gasteiger partial charge in [0.1, 0.15) is 0 Å². The van der Waals surface area contributed by atoms with Crippen molar-refractivity contribution in [1.29, 1.82) is 0 Å². The smallest absolute Gasteiger partial charge is 0.407 e. The maximum atomic E-state index is 11.1. The molecule has 0 saturated carbocycles. The molecule has 0 atom stereocenters. The third-order valence-corrected chi connectivity index (χ3v) is 2.90. The van der Waals surface area contributed by atoms with E-state index in [0.29, 0.717) is 6.54 Å².